The number of carbonyl (C=O) groups excluding carboxylic acids is 1. The zero-order chi connectivity index (χ0) is 24.3. The summed E-state index contributed by atoms with van der Waals surface area (Å²) in [4.78, 5) is 30.4. The van der Waals surface area contributed by atoms with Crippen molar-refractivity contribution in [3.8, 4) is 11.4 Å². The van der Waals surface area contributed by atoms with E-state index in [4.69, 9.17) is 0 Å². The highest BCUT2D eigenvalue weighted by atomic mass is 19.4. The van der Waals surface area contributed by atoms with Gasteiger partial charge in [-0.1, -0.05) is 24.3 Å². The lowest BCUT2D eigenvalue weighted by molar-refractivity contribution is -0.137. The number of rotatable bonds is 6. The van der Waals surface area contributed by atoms with Crippen LogP contribution in [0.5, 0.6) is 0 Å². The van der Waals surface area contributed by atoms with Crippen LogP contribution < -0.4 is 10.9 Å². The summed E-state index contributed by atoms with van der Waals surface area (Å²) < 4.78 is 40.0. The van der Waals surface area contributed by atoms with Crippen LogP contribution in [-0.4, -0.2) is 27.2 Å². The Kier molecular flexibility index (Phi) is 7.02. The molecule has 0 spiro atoms. The van der Waals surface area contributed by atoms with Gasteiger partial charge in [0.1, 0.15) is 12.4 Å². The summed E-state index contributed by atoms with van der Waals surface area (Å²) in [6.45, 7) is 4.62. The van der Waals surface area contributed by atoms with Crippen LogP contribution in [0.25, 0.3) is 11.4 Å². The van der Waals surface area contributed by atoms with Crippen LogP contribution >= 0.6 is 0 Å². The zero-order valence-corrected chi connectivity index (χ0v) is 18.5. The standard InChI is InChI=1S/C24H24F3N3O3/c1-14-4-5-15(2)20(12-14)29-21(32)13-30-22(28-16(3)19(10-11-31)23(30)33)17-6-8-18(9-7-17)24(25,26)27/h4-9,12,31H,10-11,13H2,1-3H3,(H,29,32). The Morgan fingerprint density at radius 3 is 2.36 bits per heavy atom. The van der Waals surface area contributed by atoms with Gasteiger partial charge in [0, 0.05) is 35.5 Å². The highest BCUT2D eigenvalue weighted by Crippen LogP contribution is 2.30. The lowest BCUT2D eigenvalue weighted by Crippen LogP contribution is -2.33. The molecule has 1 heterocycles. The van der Waals surface area contributed by atoms with Crippen molar-refractivity contribution in [1.29, 1.82) is 0 Å². The summed E-state index contributed by atoms with van der Waals surface area (Å²) >= 11 is 0. The molecule has 0 unspecified atom stereocenters. The van der Waals surface area contributed by atoms with E-state index in [0.717, 1.165) is 27.8 Å². The van der Waals surface area contributed by atoms with E-state index in [-0.39, 0.29) is 30.0 Å². The summed E-state index contributed by atoms with van der Waals surface area (Å²) in [7, 11) is 0. The lowest BCUT2D eigenvalue weighted by Gasteiger charge is -2.17. The first-order chi connectivity index (χ1) is 15.5. The van der Waals surface area contributed by atoms with Gasteiger partial charge in [0.2, 0.25) is 5.91 Å². The predicted octanol–water partition coefficient (Wildman–Crippen LogP) is 4.03. The average molecular weight is 459 g/mol. The molecule has 0 aliphatic rings. The van der Waals surface area contributed by atoms with E-state index in [1.54, 1.807) is 13.0 Å². The van der Waals surface area contributed by atoms with Gasteiger partial charge in [0.25, 0.3) is 5.56 Å². The van der Waals surface area contributed by atoms with Crippen molar-refractivity contribution in [1.82, 2.24) is 9.55 Å². The summed E-state index contributed by atoms with van der Waals surface area (Å²) in [5.74, 6) is -0.413. The van der Waals surface area contributed by atoms with E-state index in [2.05, 4.69) is 10.3 Å². The fourth-order valence-corrected chi connectivity index (χ4v) is 3.48. The van der Waals surface area contributed by atoms with Crippen molar-refractivity contribution >= 4 is 11.6 Å². The number of hydrogen-bond acceptors (Lipinski definition) is 4. The molecule has 0 fully saturated rings. The molecule has 174 valence electrons. The Bertz CT molecular complexity index is 1230. The molecule has 0 saturated heterocycles. The molecule has 2 N–H and O–H groups in total. The molecule has 6 nitrogen and oxygen atoms in total. The second kappa shape index (κ2) is 9.58. The van der Waals surface area contributed by atoms with Crippen LogP contribution in [0, 0.1) is 20.8 Å². The van der Waals surface area contributed by atoms with E-state index < -0.39 is 29.8 Å². The normalized spacial score (nSPS) is 11.5. The van der Waals surface area contributed by atoms with Gasteiger partial charge in [-0.2, -0.15) is 13.2 Å². The predicted molar refractivity (Wildman–Crippen MR) is 119 cm³/mol. The Morgan fingerprint density at radius 1 is 1.09 bits per heavy atom. The van der Waals surface area contributed by atoms with Crippen molar-refractivity contribution in [2.45, 2.75) is 39.9 Å². The van der Waals surface area contributed by atoms with E-state index in [1.807, 2.05) is 26.0 Å². The lowest BCUT2D eigenvalue weighted by atomic mass is 10.1. The fourth-order valence-electron chi connectivity index (χ4n) is 3.48. The molecule has 1 amide bonds. The highest BCUT2D eigenvalue weighted by Gasteiger charge is 2.30. The van der Waals surface area contributed by atoms with E-state index in [9.17, 15) is 27.9 Å². The minimum absolute atomic E-state index is 0.0452. The number of carbonyl (C=O) groups is 1. The molecule has 3 aromatic rings. The number of nitrogens with zero attached hydrogens (tertiary/aromatic N) is 2. The summed E-state index contributed by atoms with van der Waals surface area (Å²) in [6.07, 6.45) is -4.46. The molecule has 0 atom stereocenters. The molecule has 0 radical (unpaired) electrons. The molecule has 33 heavy (non-hydrogen) atoms. The number of alkyl halides is 3. The van der Waals surface area contributed by atoms with Crippen LogP contribution in [0.4, 0.5) is 18.9 Å². The van der Waals surface area contributed by atoms with Gasteiger partial charge < -0.3 is 10.4 Å². The maximum absolute atomic E-state index is 13.2. The number of hydrogen-bond donors (Lipinski definition) is 2. The van der Waals surface area contributed by atoms with Crippen LogP contribution in [0.1, 0.15) is 27.9 Å². The van der Waals surface area contributed by atoms with Crippen LogP contribution in [0.3, 0.4) is 0 Å². The molecule has 3 rings (SSSR count). The van der Waals surface area contributed by atoms with Crippen molar-refractivity contribution < 1.29 is 23.1 Å². The van der Waals surface area contributed by atoms with E-state index in [0.29, 0.717) is 11.4 Å². The smallest absolute Gasteiger partial charge is 0.396 e. The molecule has 2 aromatic carbocycles. The van der Waals surface area contributed by atoms with Crippen molar-refractivity contribution in [2.24, 2.45) is 0 Å². The van der Waals surface area contributed by atoms with Gasteiger partial charge in [0.05, 0.1) is 5.56 Å². The van der Waals surface area contributed by atoms with E-state index >= 15 is 0 Å². The van der Waals surface area contributed by atoms with E-state index in [1.165, 1.54) is 12.1 Å². The number of amides is 1. The molecular formula is C24H24F3N3O3. The number of benzene rings is 2. The number of aliphatic hydroxyl groups excluding tert-OH is 1. The van der Waals surface area contributed by atoms with Gasteiger partial charge in [-0.25, -0.2) is 4.98 Å². The van der Waals surface area contributed by atoms with Crippen molar-refractivity contribution in [2.75, 3.05) is 11.9 Å². The molecular weight excluding hydrogens is 435 g/mol. The van der Waals surface area contributed by atoms with Crippen molar-refractivity contribution in [3.63, 3.8) is 0 Å². The second-order valence-electron chi connectivity index (χ2n) is 7.81. The second-order valence-corrected chi connectivity index (χ2v) is 7.81. The van der Waals surface area contributed by atoms with Crippen LogP contribution in [0.15, 0.2) is 47.3 Å². The largest absolute Gasteiger partial charge is 0.416 e. The Balaban J connectivity index is 2.04. The molecule has 0 saturated carbocycles. The third kappa shape index (κ3) is 5.48. The minimum atomic E-state index is -4.50. The molecule has 0 bridgehead atoms. The first-order valence-electron chi connectivity index (χ1n) is 10.3. The fraction of sp³-hybridized carbons (Fsp3) is 0.292. The first kappa shape index (κ1) is 24.2. The molecule has 0 aliphatic heterocycles. The third-order valence-corrected chi connectivity index (χ3v) is 5.27. The molecule has 0 aliphatic carbocycles. The topological polar surface area (TPSA) is 84.2 Å². The molecule has 9 heteroatoms. The number of aryl methyl sites for hydroxylation is 3. The Hall–Kier alpha value is -3.46. The number of aliphatic hydroxyl groups is 1. The maximum Gasteiger partial charge on any atom is 0.416 e. The third-order valence-electron chi connectivity index (χ3n) is 5.27. The average Bonchev–Trinajstić information content (AvgIpc) is 2.75. The SMILES string of the molecule is Cc1ccc(C)c(NC(=O)Cn2c(-c3ccc(C(F)(F)F)cc3)nc(C)c(CCO)c2=O)c1. The summed E-state index contributed by atoms with van der Waals surface area (Å²) in [5.41, 5.74) is 1.87. The Morgan fingerprint density at radius 2 is 1.76 bits per heavy atom. The Labute approximate surface area is 188 Å². The van der Waals surface area contributed by atoms with Crippen molar-refractivity contribution in [3.05, 3.63) is 80.8 Å². The number of nitrogens with one attached hydrogen (secondary N) is 1. The van der Waals surface area contributed by atoms with Gasteiger partial charge in [0.15, 0.2) is 0 Å². The quantitative estimate of drug-likeness (QED) is 0.583. The summed E-state index contributed by atoms with van der Waals surface area (Å²) in [6, 6.07) is 9.81. The van der Waals surface area contributed by atoms with Gasteiger partial charge in [-0.15, -0.1) is 0 Å². The molecule has 1 aromatic heterocycles. The maximum atomic E-state index is 13.2. The van der Waals surface area contributed by atoms with Crippen LogP contribution in [-0.2, 0) is 23.9 Å². The van der Waals surface area contributed by atoms with Crippen LogP contribution in [0.2, 0.25) is 0 Å². The minimum Gasteiger partial charge on any atom is -0.396 e. The highest BCUT2D eigenvalue weighted by molar-refractivity contribution is 5.91. The number of anilines is 1. The van der Waals surface area contributed by atoms with Gasteiger partial charge in [-0.3, -0.25) is 14.2 Å². The van der Waals surface area contributed by atoms with Gasteiger partial charge in [-0.05, 0) is 50.1 Å². The van der Waals surface area contributed by atoms with Gasteiger partial charge >= 0.3 is 6.18 Å². The monoisotopic (exact) mass is 459 g/mol. The number of aromatic nitrogens is 2. The zero-order valence-electron chi connectivity index (χ0n) is 18.5. The number of halogens is 3. The first-order valence-corrected chi connectivity index (χ1v) is 10.3. The summed E-state index contributed by atoms with van der Waals surface area (Å²) in [5, 5.41) is 12.1.